The lowest BCUT2D eigenvalue weighted by atomic mass is 10.2. The number of ether oxygens (including phenoxy) is 1. The number of nitro groups is 1. The van der Waals surface area contributed by atoms with Crippen molar-refractivity contribution in [2.75, 3.05) is 6.61 Å². The Balaban J connectivity index is 1.57. The number of carbonyl (C=O) groups is 1. The van der Waals surface area contributed by atoms with E-state index >= 15 is 0 Å². The average molecular weight is 448 g/mol. The van der Waals surface area contributed by atoms with E-state index in [-0.39, 0.29) is 11.4 Å². The highest BCUT2D eigenvalue weighted by molar-refractivity contribution is 6.36. The summed E-state index contributed by atoms with van der Waals surface area (Å²) >= 11 is 12.0. The third-order valence-corrected chi connectivity index (χ3v) is 4.42. The van der Waals surface area contributed by atoms with E-state index in [0.717, 1.165) is 0 Å². The normalized spacial score (nSPS) is 10.9. The molecular weight excluding hydrogens is 433 g/mol. The molecule has 2 aromatic carbocycles. The first-order chi connectivity index (χ1) is 14.3. The average Bonchev–Trinajstić information content (AvgIpc) is 3.15. The van der Waals surface area contributed by atoms with Gasteiger partial charge in [-0.3, -0.25) is 14.9 Å². The first-order valence-electron chi connectivity index (χ1n) is 8.58. The van der Waals surface area contributed by atoms with Crippen LogP contribution in [0.3, 0.4) is 0 Å². The van der Waals surface area contributed by atoms with Crippen LogP contribution in [0.2, 0.25) is 10.0 Å². The molecule has 1 N–H and O–H groups in total. The molecule has 0 saturated heterocycles. The summed E-state index contributed by atoms with van der Waals surface area (Å²) in [6.07, 6.45) is 1.31. The van der Waals surface area contributed by atoms with Crippen LogP contribution in [0.1, 0.15) is 11.3 Å². The van der Waals surface area contributed by atoms with E-state index in [1.54, 1.807) is 43.3 Å². The first-order valence-corrected chi connectivity index (χ1v) is 9.34. The maximum atomic E-state index is 11.9. The number of nitrogens with one attached hydrogen (secondary N) is 1. The van der Waals surface area contributed by atoms with Gasteiger partial charge in [-0.25, -0.2) is 5.43 Å². The number of hydrogen-bond acceptors (Lipinski definition) is 6. The minimum atomic E-state index is -0.589. The molecule has 0 fully saturated rings. The van der Waals surface area contributed by atoms with Gasteiger partial charge in [0, 0.05) is 16.7 Å². The molecule has 0 radical (unpaired) electrons. The van der Waals surface area contributed by atoms with Crippen LogP contribution in [0.25, 0.3) is 11.3 Å². The number of nitro benzene ring substituents is 1. The molecule has 1 aromatic heterocycles. The van der Waals surface area contributed by atoms with Crippen LogP contribution in [0, 0.1) is 17.0 Å². The summed E-state index contributed by atoms with van der Waals surface area (Å²) in [5.74, 6) is 0.305. The van der Waals surface area contributed by atoms with Crippen LogP contribution < -0.4 is 10.2 Å². The van der Waals surface area contributed by atoms with E-state index in [2.05, 4.69) is 10.5 Å². The number of rotatable bonds is 7. The molecule has 0 aliphatic heterocycles. The molecule has 0 aliphatic carbocycles. The van der Waals surface area contributed by atoms with Gasteiger partial charge in [-0.05, 0) is 48.9 Å². The lowest BCUT2D eigenvalue weighted by Gasteiger charge is -2.06. The Kier molecular flexibility index (Phi) is 6.71. The Hall–Kier alpha value is -3.36. The third kappa shape index (κ3) is 5.37. The largest absolute Gasteiger partial charge is 0.477 e. The molecule has 154 valence electrons. The van der Waals surface area contributed by atoms with Crippen molar-refractivity contribution in [3.8, 4) is 17.1 Å². The molecule has 10 heteroatoms. The minimum absolute atomic E-state index is 0.000231. The van der Waals surface area contributed by atoms with Crippen LogP contribution in [-0.2, 0) is 4.79 Å². The number of hydrogen-bond donors (Lipinski definition) is 1. The zero-order valence-corrected chi connectivity index (χ0v) is 17.1. The standard InChI is InChI=1S/C20H15Cl2N3O5/c1-12-2-6-19(17(8-12)25(27)28)29-11-20(26)24-23-10-14-4-7-18(30-14)15-5-3-13(21)9-16(15)22/h2-10H,11H2,1H3,(H,24,26). The predicted octanol–water partition coefficient (Wildman–Crippen LogP) is 5.00. The number of halogens is 2. The fourth-order valence-electron chi connectivity index (χ4n) is 2.49. The van der Waals surface area contributed by atoms with Crippen molar-refractivity contribution >= 4 is 41.0 Å². The quantitative estimate of drug-likeness (QED) is 0.311. The lowest BCUT2D eigenvalue weighted by Crippen LogP contribution is -2.24. The van der Waals surface area contributed by atoms with Gasteiger partial charge >= 0.3 is 5.69 Å². The van der Waals surface area contributed by atoms with Crippen molar-refractivity contribution in [2.24, 2.45) is 5.10 Å². The van der Waals surface area contributed by atoms with Crippen LogP contribution in [0.5, 0.6) is 5.75 Å². The molecule has 1 amide bonds. The summed E-state index contributed by atoms with van der Waals surface area (Å²) in [7, 11) is 0. The van der Waals surface area contributed by atoms with Gasteiger partial charge in [0.05, 0.1) is 16.2 Å². The molecular formula is C20H15Cl2N3O5. The SMILES string of the molecule is Cc1ccc(OCC(=O)NN=Cc2ccc(-c3ccc(Cl)cc3Cl)o2)c([N+](=O)[O-])c1. The third-order valence-electron chi connectivity index (χ3n) is 3.87. The van der Waals surface area contributed by atoms with E-state index in [9.17, 15) is 14.9 Å². The fraction of sp³-hybridized carbons (Fsp3) is 0.100. The van der Waals surface area contributed by atoms with E-state index < -0.39 is 17.4 Å². The van der Waals surface area contributed by atoms with E-state index in [0.29, 0.717) is 32.7 Å². The molecule has 0 spiro atoms. The summed E-state index contributed by atoms with van der Waals surface area (Å²) in [5, 5.41) is 15.8. The Morgan fingerprint density at radius 3 is 2.77 bits per heavy atom. The van der Waals surface area contributed by atoms with Crippen molar-refractivity contribution in [3.63, 3.8) is 0 Å². The van der Waals surface area contributed by atoms with Crippen LogP contribution >= 0.6 is 23.2 Å². The topological polar surface area (TPSA) is 107 Å². The number of benzene rings is 2. The van der Waals surface area contributed by atoms with Crippen LogP contribution in [0.4, 0.5) is 5.69 Å². The maximum absolute atomic E-state index is 11.9. The second-order valence-corrected chi connectivity index (χ2v) is 6.98. The van der Waals surface area contributed by atoms with Crippen molar-refractivity contribution in [2.45, 2.75) is 6.92 Å². The second-order valence-electron chi connectivity index (χ2n) is 6.14. The zero-order chi connectivity index (χ0) is 21.7. The van der Waals surface area contributed by atoms with Crippen molar-refractivity contribution in [1.82, 2.24) is 5.43 Å². The predicted molar refractivity (Wildman–Crippen MR) is 113 cm³/mol. The summed E-state index contributed by atoms with van der Waals surface area (Å²) < 4.78 is 10.8. The molecule has 3 rings (SSSR count). The Labute approximate surface area is 181 Å². The zero-order valence-electron chi connectivity index (χ0n) is 15.6. The van der Waals surface area contributed by atoms with E-state index in [4.69, 9.17) is 32.4 Å². The van der Waals surface area contributed by atoms with Gasteiger partial charge in [0.15, 0.2) is 12.4 Å². The highest BCUT2D eigenvalue weighted by Gasteiger charge is 2.16. The van der Waals surface area contributed by atoms with Gasteiger partial charge in [0.25, 0.3) is 5.91 Å². The van der Waals surface area contributed by atoms with Crippen molar-refractivity contribution in [3.05, 3.63) is 80.0 Å². The molecule has 0 bridgehead atoms. The Morgan fingerprint density at radius 2 is 2.03 bits per heavy atom. The van der Waals surface area contributed by atoms with Crippen molar-refractivity contribution < 1.29 is 18.9 Å². The van der Waals surface area contributed by atoms with E-state index in [1.165, 1.54) is 18.3 Å². The second kappa shape index (κ2) is 9.43. The van der Waals surface area contributed by atoms with Gasteiger partial charge in [-0.1, -0.05) is 29.3 Å². The number of carbonyl (C=O) groups excluding carboxylic acids is 1. The number of amides is 1. The molecule has 30 heavy (non-hydrogen) atoms. The lowest BCUT2D eigenvalue weighted by molar-refractivity contribution is -0.385. The monoisotopic (exact) mass is 447 g/mol. The minimum Gasteiger partial charge on any atom is -0.477 e. The molecule has 0 unspecified atom stereocenters. The molecule has 0 saturated carbocycles. The summed E-state index contributed by atoms with van der Waals surface area (Å²) in [6, 6.07) is 12.8. The summed E-state index contributed by atoms with van der Waals surface area (Å²) in [4.78, 5) is 22.4. The summed E-state index contributed by atoms with van der Waals surface area (Å²) in [6.45, 7) is 1.28. The van der Waals surface area contributed by atoms with E-state index in [1.807, 2.05) is 0 Å². The molecule has 8 nitrogen and oxygen atoms in total. The number of nitrogens with zero attached hydrogens (tertiary/aromatic N) is 2. The van der Waals surface area contributed by atoms with Gasteiger partial charge in [-0.15, -0.1) is 0 Å². The molecule has 0 atom stereocenters. The van der Waals surface area contributed by atoms with Gasteiger partial charge in [0.1, 0.15) is 11.5 Å². The number of aryl methyl sites for hydroxylation is 1. The molecule has 3 aromatic rings. The van der Waals surface area contributed by atoms with Crippen LogP contribution in [-0.4, -0.2) is 23.7 Å². The first kappa shape index (κ1) is 21.4. The molecule has 0 aliphatic rings. The van der Waals surface area contributed by atoms with Gasteiger partial charge in [-0.2, -0.15) is 5.10 Å². The highest BCUT2D eigenvalue weighted by atomic mass is 35.5. The summed E-state index contributed by atoms with van der Waals surface area (Å²) in [5.41, 5.74) is 3.42. The number of furan rings is 1. The van der Waals surface area contributed by atoms with Gasteiger partial charge in [0.2, 0.25) is 0 Å². The maximum Gasteiger partial charge on any atom is 0.311 e. The van der Waals surface area contributed by atoms with Crippen molar-refractivity contribution in [1.29, 1.82) is 0 Å². The Bertz CT molecular complexity index is 1130. The van der Waals surface area contributed by atoms with Gasteiger partial charge < -0.3 is 9.15 Å². The smallest absolute Gasteiger partial charge is 0.311 e. The highest BCUT2D eigenvalue weighted by Crippen LogP contribution is 2.31. The number of hydrazone groups is 1. The Morgan fingerprint density at radius 1 is 1.23 bits per heavy atom. The molecule has 1 heterocycles. The van der Waals surface area contributed by atoms with Crippen LogP contribution in [0.15, 0.2) is 58.0 Å². The fourth-order valence-corrected chi connectivity index (χ4v) is 2.99.